The number of ether oxygens (including phenoxy) is 2. The molecule has 100 valence electrons. The van der Waals surface area contributed by atoms with Crippen molar-refractivity contribution in [2.45, 2.75) is 19.3 Å². The molecule has 0 saturated heterocycles. The van der Waals surface area contributed by atoms with Gasteiger partial charge >= 0.3 is 0 Å². The van der Waals surface area contributed by atoms with Crippen molar-refractivity contribution in [2.24, 2.45) is 11.8 Å². The Balaban J connectivity index is 1.76. The van der Waals surface area contributed by atoms with Gasteiger partial charge in [-0.05, 0) is 48.8 Å². The van der Waals surface area contributed by atoms with Gasteiger partial charge < -0.3 is 9.47 Å². The van der Waals surface area contributed by atoms with Gasteiger partial charge in [-0.1, -0.05) is 28.1 Å². The molecule has 1 unspecified atom stereocenters. The number of benzene rings is 1. The van der Waals surface area contributed by atoms with Crippen LogP contribution in [0.3, 0.4) is 0 Å². The largest absolute Gasteiger partial charge is 0.497 e. The van der Waals surface area contributed by atoms with E-state index >= 15 is 0 Å². The maximum Gasteiger partial charge on any atom is 0.118 e. The summed E-state index contributed by atoms with van der Waals surface area (Å²) < 4.78 is 10.9. The van der Waals surface area contributed by atoms with E-state index in [4.69, 9.17) is 9.47 Å². The molecule has 1 fully saturated rings. The van der Waals surface area contributed by atoms with E-state index in [1.54, 1.807) is 7.11 Å². The molecule has 1 aromatic carbocycles. The zero-order valence-corrected chi connectivity index (χ0v) is 12.5. The maximum atomic E-state index is 5.77. The standard InChI is InChI=1S/C15H21BrO2/c1-17-15-6-4-12(5-7-15)8-14(9-16)11-18-10-13-2-3-13/h4-7,13-14H,2-3,8-11H2,1H3. The SMILES string of the molecule is COc1ccc(CC(CBr)COCC2CC2)cc1. The smallest absolute Gasteiger partial charge is 0.118 e. The number of alkyl halides is 1. The van der Waals surface area contributed by atoms with E-state index in [2.05, 4.69) is 28.1 Å². The third kappa shape index (κ3) is 4.62. The maximum absolute atomic E-state index is 5.77. The molecule has 0 N–H and O–H groups in total. The zero-order chi connectivity index (χ0) is 12.8. The van der Waals surface area contributed by atoms with Crippen molar-refractivity contribution in [1.82, 2.24) is 0 Å². The van der Waals surface area contributed by atoms with Crippen LogP contribution in [-0.2, 0) is 11.2 Å². The highest BCUT2D eigenvalue weighted by Crippen LogP contribution is 2.29. The minimum atomic E-state index is 0.553. The second-order valence-corrected chi connectivity index (χ2v) is 5.70. The van der Waals surface area contributed by atoms with E-state index in [-0.39, 0.29) is 0 Å². The molecule has 18 heavy (non-hydrogen) atoms. The van der Waals surface area contributed by atoms with E-state index in [0.29, 0.717) is 5.92 Å². The van der Waals surface area contributed by atoms with E-state index in [1.165, 1.54) is 18.4 Å². The molecule has 0 radical (unpaired) electrons. The van der Waals surface area contributed by atoms with Crippen LogP contribution in [0.25, 0.3) is 0 Å². The van der Waals surface area contributed by atoms with E-state index in [9.17, 15) is 0 Å². The number of halogens is 1. The molecule has 1 aromatic rings. The molecule has 0 spiro atoms. The van der Waals surface area contributed by atoms with Gasteiger partial charge in [0.15, 0.2) is 0 Å². The van der Waals surface area contributed by atoms with Crippen LogP contribution >= 0.6 is 15.9 Å². The average molecular weight is 313 g/mol. The van der Waals surface area contributed by atoms with Gasteiger partial charge in [0.25, 0.3) is 0 Å². The Kier molecular flexibility index (Phi) is 5.51. The van der Waals surface area contributed by atoms with Crippen molar-refractivity contribution in [1.29, 1.82) is 0 Å². The van der Waals surface area contributed by atoms with Crippen LogP contribution in [0.4, 0.5) is 0 Å². The van der Waals surface area contributed by atoms with E-state index < -0.39 is 0 Å². The minimum Gasteiger partial charge on any atom is -0.497 e. The van der Waals surface area contributed by atoms with Gasteiger partial charge in [-0.2, -0.15) is 0 Å². The van der Waals surface area contributed by atoms with Crippen molar-refractivity contribution < 1.29 is 9.47 Å². The molecule has 2 nitrogen and oxygen atoms in total. The van der Waals surface area contributed by atoms with Crippen molar-refractivity contribution in [3.05, 3.63) is 29.8 Å². The molecule has 1 saturated carbocycles. The average Bonchev–Trinajstić information content (AvgIpc) is 3.22. The molecule has 3 heteroatoms. The first-order valence-electron chi connectivity index (χ1n) is 6.58. The second-order valence-electron chi connectivity index (χ2n) is 5.05. The molecule has 0 aromatic heterocycles. The Morgan fingerprint density at radius 1 is 1.28 bits per heavy atom. The van der Waals surface area contributed by atoms with Crippen LogP contribution < -0.4 is 4.74 Å². The Bertz CT molecular complexity index is 346. The van der Waals surface area contributed by atoms with Crippen molar-refractivity contribution in [3.63, 3.8) is 0 Å². The van der Waals surface area contributed by atoms with Crippen LogP contribution in [0.5, 0.6) is 5.75 Å². The summed E-state index contributed by atoms with van der Waals surface area (Å²) >= 11 is 3.58. The predicted molar refractivity (Wildman–Crippen MR) is 77.5 cm³/mol. The van der Waals surface area contributed by atoms with Gasteiger partial charge in [0, 0.05) is 11.9 Å². The lowest BCUT2D eigenvalue weighted by atomic mass is 10.0. The Labute approximate surface area is 118 Å². The van der Waals surface area contributed by atoms with Crippen LogP contribution in [0, 0.1) is 11.8 Å². The fourth-order valence-corrected chi connectivity index (χ4v) is 2.35. The van der Waals surface area contributed by atoms with E-state index in [0.717, 1.165) is 36.6 Å². The highest BCUT2D eigenvalue weighted by molar-refractivity contribution is 9.09. The highest BCUT2D eigenvalue weighted by Gasteiger charge is 2.21. The topological polar surface area (TPSA) is 18.5 Å². The molecule has 0 heterocycles. The third-order valence-corrected chi connectivity index (χ3v) is 4.22. The Hall–Kier alpha value is -0.540. The third-order valence-electron chi connectivity index (χ3n) is 3.31. The fraction of sp³-hybridized carbons (Fsp3) is 0.600. The monoisotopic (exact) mass is 312 g/mol. The fourth-order valence-electron chi connectivity index (χ4n) is 1.94. The molecule has 1 atom stereocenters. The summed E-state index contributed by atoms with van der Waals surface area (Å²) in [4.78, 5) is 0. The van der Waals surface area contributed by atoms with Gasteiger partial charge in [0.1, 0.15) is 5.75 Å². The van der Waals surface area contributed by atoms with Gasteiger partial charge in [0.05, 0.1) is 13.7 Å². The molecule has 2 rings (SSSR count). The summed E-state index contributed by atoms with van der Waals surface area (Å²) in [5.41, 5.74) is 1.34. The second kappa shape index (κ2) is 7.15. The first-order valence-corrected chi connectivity index (χ1v) is 7.70. The number of methoxy groups -OCH3 is 1. The van der Waals surface area contributed by atoms with Crippen LogP contribution in [0.2, 0.25) is 0 Å². The summed E-state index contributed by atoms with van der Waals surface area (Å²) in [5, 5.41) is 0.990. The first kappa shape index (κ1) is 13.9. The van der Waals surface area contributed by atoms with Gasteiger partial charge in [-0.25, -0.2) is 0 Å². The summed E-state index contributed by atoms with van der Waals surface area (Å²) in [6.45, 7) is 1.81. The van der Waals surface area contributed by atoms with Crippen LogP contribution in [-0.4, -0.2) is 25.7 Å². The Morgan fingerprint density at radius 3 is 2.56 bits per heavy atom. The minimum absolute atomic E-state index is 0.553. The number of rotatable bonds is 8. The lowest BCUT2D eigenvalue weighted by Crippen LogP contribution is -2.15. The first-order chi connectivity index (χ1) is 8.81. The van der Waals surface area contributed by atoms with Crippen LogP contribution in [0.15, 0.2) is 24.3 Å². The van der Waals surface area contributed by atoms with Crippen molar-refractivity contribution >= 4 is 15.9 Å². The van der Waals surface area contributed by atoms with E-state index in [1.807, 2.05) is 12.1 Å². The lowest BCUT2D eigenvalue weighted by Gasteiger charge is -2.14. The van der Waals surface area contributed by atoms with Gasteiger partial charge in [-0.3, -0.25) is 0 Å². The molecule has 0 amide bonds. The quantitative estimate of drug-likeness (QED) is 0.682. The van der Waals surface area contributed by atoms with Crippen LogP contribution in [0.1, 0.15) is 18.4 Å². The molecule has 0 bridgehead atoms. The summed E-state index contributed by atoms with van der Waals surface area (Å²) in [6.07, 6.45) is 3.77. The normalized spacial score (nSPS) is 16.6. The van der Waals surface area contributed by atoms with Gasteiger partial charge in [0.2, 0.25) is 0 Å². The predicted octanol–water partition coefficient (Wildman–Crippen LogP) is 3.68. The highest BCUT2D eigenvalue weighted by atomic mass is 79.9. The molecular formula is C15H21BrO2. The van der Waals surface area contributed by atoms with Crippen molar-refractivity contribution in [3.8, 4) is 5.75 Å². The molecule has 1 aliphatic carbocycles. The molecule has 0 aliphatic heterocycles. The van der Waals surface area contributed by atoms with Crippen molar-refractivity contribution in [2.75, 3.05) is 25.7 Å². The Morgan fingerprint density at radius 2 is 2.00 bits per heavy atom. The van der Waals surface area contributed by atoms with Gasteiger partial charge in [-0.15, -0.1) is 0 Å². The summed E-state index contributed by atoms with van der Waals surface area (Å²) in [5.74, 6) is 2.32. The lowest BCUT2D eigenvalue weighted by molar-refractivity contribution is 0.0979. The number of hydrogen-bond donors (Lipinski definition) is 0. The summed E-state index contributed by atoms with van der Waals surface area (Å²) in [6, 6.07) is 8.31. The zero-order valence-electron chi connectivity index (χ0n) is 10.9. The summed E-state index contributed by atoms with van der Waals surface area (Å²) in [7, 11) is 1.70. The molecular weight excluding hydrogens is 292 g/mol. The molecule has 1 aliphatic rings. The number of hydrogen-bond acceptors (Lipinski definition) is 2.